The van der Waals surface area contributed by atoms with Gasteiger partial charge in [0, 0.05) is 23.9 Å². The van der Waals surface area contributed by atoms with Crippen LogP contribution in [-0.4, -0.2) is 66.0 Å². The number of carboxylic acid groups (broad SMARTS) is 1. The molecule has 5 rings (SSSR count). The fraction of sp³-hybridized carbons (Fsp3) is 0.333. The van der Waals surface area contributed by atoms with Crippen molar-refractivity contribution in [3.8, 4) is 17.0 Å². The lowest BCUT2D eigenvalue weighted by Gasteiger charge is -2.32. The molecule has 0 bridgehead atoms. The van der Waals surface area contributed by atoms with E-state index in [9.17, 15) is 23.9 Å². The van der Waals surface area contributed by atoms with Crippen molar-refractivity contribution < 1.29 is 28.9 Å². The molecule has 42 heavy (non-hydrogen) atoms. The highest BCUT2D eigenvalue weighted by atomic mass is 35.5. The molecule has 220 valence electrons. The molecule has 1 fully saturated rings. The van der Waals surface area contributed by atoms with Gasteiger partial charge < -0.3 is 25.6 Å². The number of methoxy groups -OCH3 is 1. The second-order valence-electron chi connectivity index (χ2n) is 9.98. The minimum absolute atomic E-state index is 0.0805. The predicted molar refractivity (Wildman–Crippen MR) is 149 cm³/mol. The summed E-state index contributed by atoms with van der Waals surface area (Å²) in [5.74, 6) is -1.94. The summed E-state index contributed by atoms with van der Waals surface area (Å²) in [5.41, 5.74) is 0.726. The zero-order valence-corrected chi connectivity index (χ0v) is 23.2. The Morgan fingerprint density at radius 3 is 2.71 bits per heavy atom. The third-order valence-electron chi connectivity index (χ3n) is 7.22. The van der Waals surface area contributed by atoms with Gasteiger partial charge in [0.1, 0.15) is 29.5 Å². The molecule has 3 aromatic heterocycles. The van der Waals surface area contributed by atoms with E-state index in [1.54, 1.807) is 6.20 Å². The average molecular weight is 600 g/mol. The summed E-state index contributed by atoms with van der Waals surface area (Å²) in [6, 6.07) is 3.31. The van der Waals surface area contributed by atoms with E-state index < -0.39 is 47.9 Å². The number of amides is 1. The molecule has 1 saturated carbocycles. The van der Waals surface area contributed by atoms with Gasteiger partial charge in [-0.05, 0) is 43.5 Å². The van der Waals surface area contributed by atoms with Gasteiger partial charge in [-0.2, -0.15) is 5.10 Å². The second kappa shape index (κ2) is 11.7. The molecule has 1 unspecified atom stereocenters. The Morgan fingerprint density at radius 1 is 1.26 bits per heavy atom. The number of aliphatic hydroxyl groups excluding tert-OH is 1. The van der Waals surface area contributed by atoms with Crippen LogP contribution in [0, 0.1) is 11.7 Å². The first-order valence-electron chi connectivity index (χ1n) is 13.0. The van der Waals surface area contributed by atoms with E-state index in [-0.39, 0.29) is 28.3 Å². The van der Waals surface area contributed by atoms with Crippen molar-refractivity contribution in [1.29, 1.82) is 0 Å². The smallest absolute Gasteiger partial charge is 0.306 e. The highest BCUT2D eigenvalue weighted by Gasteiger charge is 2.35. The third-order valence-corrected chi connectivity index (χ3v) is 7.50. The van der Waals surface area contributed by atoms with Crippen LogP contribution in [0.1, 0.15) is 37.4 Å². The molecule has 0 aliphatic heterocycles. The van der Waals surface area contributed by atoms with Crippen molar-refractivity contribution in [3.63, 3.8) is 0 Å². The number of anilines is 1. The summed E-state index contributed by atoms with van der Waals surface area (Å²) in [5, 5.41) is 29.2. The number of benzene rings is 1. The molecule has 4 aromatic rings. The van der Waals surface area contributed by atoms with Crippen LogP contribution in [-0.2, 0) is 9.59 Å². The Morgan fingerprint density at radius 2 is 2.02 bits per heavy atom. The topological polar surface area (TPSA) is 173 Å². The molecule has 1 aromatic carbocycles. The Hall–Kier alpha value is -4.56. The second-order valence-corrected chi connectivity index (χ2v) is 10.4. The number of nitrogens with zero attached hydrogens (tertiary/aromatic N) is 5. The standard InChI is InChI=1S/C27H27ClFN7O6/c1-13(24(38)33-21(11-37)14-3-17(29)8-19(6-14)42-2)35-12-31-36-10-16(7-22(36)25(35)39)23-20(28)9-30-27(34-23)32-18-4-15(5-18)26(40)41/h3,6-10,12-13,15,18,21,37H,4-5,11H2,1-2H3,(H,33,38)(H,40,41)(H,30,32,34)/t13?,15?,18?,21-/m1/s1. The molecule has 0 spiro atoms. The van der Waals surface area contributed by atoms with E-state index >= 15 is 0 Å². The first kappa shape index (κ1) is 29.0. The maximum absolute atomic E-state index is 14.0. The van der Waals surface area contributed by atoms with Gasteiger partial charge in [0.05, 0.1) is 42.6 Å². The molecule has 1 aliphatic rings. The molecule has 0 radical (unpaired) electrons. The summed E-state index contributed by atoms with van der Waals surface area (Å²) in [6.45, 7) is 0.977. The first-order valence-corrected chi connectivity index (χ1v) is 13.3. The summed E-state index contributed by atoms with van der Waals surface area (Å²) in [7, 11) is 1.37. The van der Waals surface area contributed by atoms with Crippen molar-refractivity contribution in [3.05, 3.63) is 69.7 Å². The van der Waals surface area contributed by atoms with Gasteiger partial charge in [0.25, 0.3) is 5.56 Å². The van der Waals surface area contributed by atoms with Crippen molar-refractivity contribution in [2.45, 2.75) is 37.9 Å². The maximum atomic E-state index is 14.0. The van der Waals surface area contributed by atoms with Gasteiger partial charge in [-0.25, -0.2) is 18.9 Å². The highest BCUT2D eigenvalue weighted by molar-refractivity contribution is 6.32. The third kappa shape index (κ3) is 5.76. The van der Waals surface area contributed by atoms with Gasteiger partial charge in [-0.15, -0.1) is 0 Å². The first-order chi connectivity index (χ1) is 20.1. The molecule has 1 amide bonds. The van der Waals surface area contributed by atoms with Gasteiger partial charge in [-0.3, -0.25) is 19.0 Å². The van der Waals surface area contributed by atoms with Crippen molar-refractivity contribution in [1.82, 2.24) is 29.5 Å². The number of carboxylic acids is 1. The monoisotopic (exact) mass is 599 g/mol. The predicted octanol–water partition coefficient (Wildman–Crippen LogP) is 2.44. The quantitative estimate of drug-likeness (QED) is 0.212. The van der Waals surface area contributed by atoms with E-state index in [1.165, 1.54) is 55.3 Å². The number of nitrogens with one attached hydrogen (secondary N) is 2. The highest BCUT2D eigenvalue weighted by Crippen LogP contribution is 2.32. The molecule has 15 heteroatoms. The summed E-state index contributed by atoms with van der Waals surface area (Å²) >= 11 is 6.36. The number of aromatic nitrogens is 5. The number of halogens is 2. The molecule has 0 saturated heterocycles. The molecule has 4 N–H and O–H groups in total. The zero-order valence-electron chi connectivity index (χ0n) is 22.5. The van der Waals surface area contributed by atoms with E-state index in [0.717, 1.165) is 4.57 Å². The van der Waals surface area contributed by atoms with Gasteiger partial charge in [0.15, 0.2) is 0 Å². The molecule has 1 aliphatic carbocycles. The van der Waals surface area contributed by atoms with Crippen LogP contribution in [0.15, 0.2) is 47.8 Å². The van der Waals surface area contributed by atoms with Crippen LogP contribution >= 0.6 is 11.6 Å². The van der Waals surface area contributed by atoms with E-state index in [2.05, 4.69) is 25.7 Å². The minimum atomic E-state index is -1.03. The van der Waals surface area contributed by atoms with Crippen molar-refractivity contribution >= 4 is 34.9 Å². The Labute approximate surface area is 242 Å². The van der Waals surface area contributed by atoms with Crippen LogP contribution < -0.4 is 20.9 Å². The number of carbonyl (C=O) groups excluding carboxylic acids is 1. The zero-order chi connectivity index (χ0) is 30.1. The summed E-state index contributed by atoms with van der Waals surface area (Å²) in [4.78, 5) is 46.2. The lowest BCUT2D eigenvalue weighted by molar-refractivity contribution is -0.144. The number of aliphatic carboxylic acids is 1. The van der Waals surface area contributed by atoms with Crippen LogP contribution in [0.5, 0.6) is 5.75 Å². The minimum Gasteiger partial charge on any atom is -0.497 e. The molecular formula is C27H27ClFN7O6. The fourth-order valence-corrected chi connectivity index (χ4v) is 4.92. The van der Waals surface area contributed by atoms with Crippen molar-refractivity contribution in [2.75, 3.05) is 19.0 Å². The number of carbonyl (C=O) groups is 2. The number of ether oxygens (including phenoxy) is 1. The van der Waals surface area contributed by atoms with Crippen molar-refractivity contribution in [2.24, 2.45) is 5.92 Å². The maximum Gasteiger partial charge on any atom is 0.306 e. The van der Waals surface area contributed by atoms with Gasteiger partial charge in [0.2, 0.25) is 11.9 Å². The number of fused-ring (bicyclic) bond motifs is 1. The SMILES string of the molecule is COc1cc(F)cc([C@@H](CO)NC(=O)C(C)n2cnn3cc(-c4nc(NC5CC(C(=O)O)C5)ncc4Cl)cc3c2=O)c1. The normalized spacial score (nSPS) is 17.7. The molecule has 13 nitrogen and oxygen atoms in total. The largest absolute Gasteiger partial charge is 0.497 e. The average Bonchev–Trinajstić information content (AvgIpc) is 3.38. The van der Waals surface area contributed by atoms with E-state index in [1.807, 2.05) is 0 Å². The molecular weight excluding hydrogens is 573 g/mol. The number of aliphatic hydroxyl groups is 1. The Bertz CT molecular complexity index is 1720. The lowest BCUT2D eigenvalue weighted by Crippen LogP contribution is -2.39. The van der Waals surface area contributed by atoms with Crippen LogP contribution in [0.4, 0.5) is 10.3 Å². The summed E-state index contributed by atoms with van der Waals surface area (Å²) in [6.07, 6.45) is 5.10. The Kier molecular flexibility index (Phi) is 8.09. The number of hydrogen-bond donors (Lipinski definition) is 4. The lowest BCUT2D eigenvalue weighted by atomic mass is 9.80. The van der Waals surface area contributed by atoms with Gasteiger partial charge >= 0.3 is 5.97 Å². The number of rotatable bonds is 10. The molecule has 2 atom stereocenters. The Balaban J connectivity index is 1.36. The van der Waals surface area contributed by atoms with E-state index in [0.29, 0.717) is 29.7 Å². The van der Waals surface area contributed by atoms with Crippen LogP contribution in [0.3, 0.4) is 0 Å². The van der Waals surface area contributed by atoms with Crippen LogP contribution in [0.25, 0.3) is 16.8 Å². The number of hydrogen-bond acceptors (Lipinski definition) is 9. The van der Waals surface area contributed by atoms with Crippen LogP contribution in [0.2, 0.25) is 5.02 Å². The van der Waals surface area contributed by atoms with Gasteiger partial charge in [-0.1, -0.05) is 11.6 Å². The van der Waals surface area contributed by atoms with E-state index in [4.69, 9.17) is 21.4 Å². The summed E-state index contributed by atoms with van der Waals surface area (Å²) < 4.78 is 21.5. The molecule has 3 heterocycles. The fourth-order valence-electron chi connectivity index (χ4n) is 4.72.